The summed E-state index contributed by atoms with van der Waals surface area (Å²) in [5.74, 6) is 0. The minimum absolute atomic E-state index is 0.0541. The van der Waals surface area contributed by atoms with E-state index in [2.05, 4.69) is 26.6 Å². The van der Waals surface area contributed by atoms with Crippen LogP contribution in [0.3, 0.4) is 0 Å². The van der Waals surface area contributed by atoms with E-state index in [1.165, 1.54) is 0 Å². The Balaban J connectivity index is 2.58. The number of carbonyl (C=O) groups is 1. The maximum absolute atomic E-state index is 11.6. The normalized spacial score (nSPS) is 12.0. The average molecular weight is 301 g/mol. The highest BCUT2D eigenvalue weighted by atomic mass is 79.9. The van der Waals surface area contributed by atoms with Crippen molar-refractivity contribution in [2.75, 3.05) is 11.9 Å². The van der Waals surface area contributed by atoms with Crippen molar-refractivity contribution >= 4 is 27.6 Å². The summed E-state index contributed by atoms with van der Waals surface area (Å²) in [6.45, 7) is 3.83. The van der Waals surface area contributed by atoms with Gasteiger partial charge in [0.15, 0.2) is 0 Å². The zero-order chi connectivity index (χ0) is 12.8. The van der Waals surface area contributed by atoms with E-state index in [0.717, 1.165) is 10.0 Å². The van der Waals surface area contributed by atoms with Gasteiger partial charge in [0.2, 0.25) is 0 Å². The molecule has 5 heteroatoms. The number of aliphatic hydroxyl groups is 1. The quantitative estimate of drug-likeness (QED) is 0.800. The lowest BCUT2D eigenvalue weighted by atomic mass is 10.2. The van der Waals surface area contributed by atoms with Gasteiger partial charge in [0.05, 0.1) is 12.6 Å². The second-order valence-corrected chi connectivity index (χ2v) is 4.70. The van der Waals surface area contributed by atoms with Crippen molar-refractivity contribution in [3.8, 4) is 0 Å². The van der Waals surface area contributed by atoms with Crippen molar-refractivity contribution in [1.82, 2.24) is 5.32 Å². The molecule has 1 aromatic rings. The number of benzene rings is 1. The molecule has 0 aliphatic carbocycles. The Labute approximate surface area is 110 Å². The number of hydrogen-bond acceptors (Lipinski definition) is 2. The highest BCUT2D eigenvalue weighted by Crippen LogP contribution is 2.20. The van der Waals surface area contributed by atoms with Crippen LogP contribution >= 0.6 is 15.9 Å². The molecule has 0 bridgehead atoms. The molecular formula is C12H17BrN2O2. The maximum Gasteiger partial charge on any atom is 0.319 e. The van der Waals surface area contributed by atoms with Crippen molar-refractivity contribution in [1.29, 1.82) is 0 Å². The Morgan fingerprint density at radius 2 is 2.24 bits per heavy atom. The number of aliphatic hydroxyl groups excluding tert-OH is 1. The van der Waals surface area contributed by atoms with E-state index < -0.39 is 0 Å². The highest BCUT2D eigenvalue weighted by Gasteiger charge is 2.09. The van der Waals surface area contributed by atoms with Gasteiger partial charge in [-0.3, -0.25) is 0 Å². The highest BCUT2D eigenvalue weighted by molar-refractivity contribution is 9.10. The third-order valence-corrected chi connectivity index (χ3v) is 3.33. The van der Waals surface area contributed by atoms with Crippen LogP contribution < -0.4 is 10.6 Å². The van der Waals surface area contributed by atoms with Crippen LogP contribution in [0.1, 0.15) is 18.9 Å². The average Bonchev–Trinajstić information content (AvgIpc) is 2.31. The minimum Gasteiger partial charge on any atom is -0.394 e. The fourth-order valence-electron chi connectivity index (χ4n) is 1.30. The topological polar surface area (TPSA) is 61.4 Å². The molecule has 94 valence electrons. The fourth-order valence-corrected chi connectivity index (χ4v) is 1.68. The Hall–Kier alpha value is -1.07. The van der Waals surface area contributed by atoms with Gasteiger partial charge in [-0.25, -0.2) is 4.79 Å². The van der Waals surface area contributed by atoms with Crippen LogP contribution in [0.5, 0.6) is 0 Å². The van der Waals surface area contributed by atoms with Crippen LogP contribution in [0.2, 0.25) is 0 Å². The van der Waals surface area contributed by atoms with Crippen LogP contribution in [0, 0.1) is 6.92 Å². The van der Waals surface area contributed by atoms with Gasteiger partial charge in [0.1, 0.15) is 0 Å². The van der Waals surface area contributed by atoms with Crippen molar-refractivity contribution in [2.45, 2.75) is 26.3 Å². The first kappa shape index (κ1) is 14.0. The van der Waals surface area contributed by atoms with Gasteiger partial charge in [0, 0.05) is 10.2 Å². The molecule has 1 aromatic carbocycles. The van der Waals surface area contributed by atoms with Crippen molar-refractivity contribution in [3.05, 3.63) is 28.2 Å². The second-order valence-electron chi connectivity index (χ2n) is 3.85. The van der Waals surface area contributed by atoms with Crippen molar-refractivity contribution < 1.29 is 9.90 Å². The number of urea groups is 1. The molecular weight excluding hydrogens is 284 g/mol. The molecule has 17 heavy (non-hydrogen) atoms. The summed E-state index contributed by atoms with van der Waals surface area (Å²) in [4.78, 5) is 11.6. The van der Waals surface area contributed by atoms with Gasteiger partial charge in [0.25, 0.3) is 0 Å². The number of anilines is 1. The zero-order valence-corrected chi connectivity index (χ0v) is 11.5. The molecule has 3 N–H and O–H groups in total. The van der Waals surface area contributed by atoms with E-state index in [9.17, 15) is 4.79 Å². The lowest BCUT2D eigenvalue weighted by molar-refractivity contribution is 0.222. The molecule has 1 rings (SSSR count). The summed E-state index contributed by atoms with van der Waals surface area (Å²) >= 11 is 3.40. The Kier molecular flexibility index (Phi) is 5.44. The molecule has 4 nitrogen and oxygen atoms in total. The first-order valence-corrected chi connectivity index (χ1v) is 6.30. The molecule has 0 spiro atoms. The number of rotatable bonds is 4. The first-order valence-electron chi connectivity index (χ1n) is 5.51. The Morgan fingerprint density at radius 3 is 2.76 bits per heavy atom. The molecule has 0 fully saturated rings. The van der Waals surface area contributed by atoms with Gasteiger partial charge in [-0.2, -0.15) is 0 Å². The van der Waals surface area contributed by atoms with Gasteiger partial charge in [-0.05, 0) is 31.0 Å². The first-order chi connectivity index (χ1) is 8.06. The van der Waals surface area contributed by atoms with E-state index >= 15 is 0 Å². The molecule has 0 saturated carbocycles. The lowest BCUT2D eigenvalue weighted by Gasteiger charge is -2.15. The summed E-state index contributed by atoms with van der Waals surface area (Å²) in [5.41, 5.74) is 1.82. The van der Waals surface area contributed by atoms with E-state index in [-0.39, 0.29) is 18.7 Å². The van der Waals surface area contributed by atoms with E-state index in [4.69, 9.17) is 5.11 Å². The standard InChI is InChI=1S/C12H17BrN2O2/c1-3-9(7-16)14-12(17)15-10-5-4-8(2)11(13)6-10/h4-6,9,16H,3,7H2,1-2H3,(H2,14,15,17). The molecule has 1 unspecified atom stereocenters. The molecule has 0 heterocycles. The molecule has 1 atom stereocenters. The predicted octanol–water partition coefficient (Wildman–Crippen LogP) is 2.65. The number of aryl methyl sites for hydroxylation is 1. The van der Waals surface area contributed by atoms with E-state index in [0.29, 0.717) is 12.1 Å². The molecule has 0 aliphatic heterocycles. The maximum atomic E-state index is 11.6. The number of halogens is 1. The summed E-state index contributed by atoms with van der Waals surface area (Å²) in [5, 5.41) is 14.4. The third-order valence-electron chi connectivity index (χ3n) is 2.48. The molecule has 0 saturated heterocycles. The predicted molar refractivity (Wildman–Crippen MR) is 72.2 cm³/mol. The van der Waals surface area contributed by atoms with Gasteiger partial charge >= 0.3 is 6.03 Å². The summed E-state index contributed by atoms with van der Waals surface area (Å²) < 4.78 is 0.949. The van der Waals surface area contributed by atoms with Crippen LogP contribution in [0.25, 0.3) is 0 Å². The fraction of sp³-hybridized carbons (Fsp3) is 0.417. The largest absolute Gasteiger partial charge is 0.394 e. The van der Waals surface area contributed by atoms with E-state index in [1.54, 1.807) is 0 Å². The van der Waals surface area contributed by atoms with Crippen LogP contribution in [0.4, 0.5) is 10.5 Å². The van der Waals surface area contributed by atoms with E-state index in [1.807, 2.05) is 32.0 Å². The van der Waals surface area contributed by atoms with Crippen molar-refractivity contribution in [3.63, 3.8) is 0 Å². The second kappa shape index (κ2) is 6.61. The molecule has 0 radical (unpaired) electrons. The lowest BCUT2D eigenvalue weighted by Crippen LogP contribution is -2.39. The minimum atomic E-state index is -0.304. The number of hydrogen-bond donors (Lipinski definition) is 3. The SMILES string of the molecule is CCC(CO)NC(=O)Nc1ccc(C)c(Br)c1. The number of nitrogens with one attached hydrogen (secondary N) is 2. The smallest absolute Gasteiger partial charge is 0.319 e. The van der Waals surface area contributed by atoms with Gasteiger partial charge in [-0.1, -0.05) is 28.9 Å². The third kappa shape index (κ3) is 4.36. The van der Waals surface area contributed by atoms with Crippen molar-refractivity contribution in [2.24, 2.45) is 0 Å². The molecule has 2 amide bonds. The van der Waals surface area contributed by atoms with Crippen LogP contribution in [-0.4, -0.2) is 23.8 Å². The summed E-state index contributed by atoms with van der Waals surface area (Å²) in [7, 11) is 0. The van der Waals surface area contributed by atoms with Gasteiger partial charge < -0.3 is 15.7 Å². The Bertz CT molecular complexity index is 392. The molecule has 0 aliphatic rings. The Morgan fingerprint density at radius 1 is 1.53 bits per heavy atom. The monoisotopic (exact) mass is 300 g/mol. The summed E-state index contributed by atoms with van der Waals surface area (Å²) in [6.07, 6.45) is 0.696. The van der Waals surface area contributed by atoms with Crippen LogP contribution in [-0.2, 0) is 0 Å². The summed E-state index contributed by atoms with van der Waals surface area (Å²) in [6, 6.07) is 5.09. The van der Waals surface area contributed by atoms with Crippen LogP contribution in [0.15, 0.2) is 22.7 Å². The zero-order valence-electron chi connectivity index (χ0n) is 9.96. The number of amides is 2. The number of carbonyl (C=O) groups excluding carboxylic acids is 1. The molecule has 0 aromatic heterocycles. The van der Waals surface area contributed by atoms with Gasteiger partial charge in [-0.15, -0.1) is 0 Å².